The SMILES string of the molecule is CCOP(=O)(OCC)C(CC)NC(c1ccccc1)c1ccccc1. The van der Waals surface area contributed by atoms with Crippen LogP contribution in [0.5, 0.6) is 0 Å². The first-order valence-electron chi connectivity index (χ1n) is 8.89. The van der Waals surface area contributed by atoms with Crippen molar-refractivity contribution in [3.05, 3.63) is 71.8 Å². The van der Waals surface area contributed by atoms with Crippen LogP contribution in [0.25, 0.3) is 0 Å². The number of hydrogen-bond acceptors (Lipinski definition) is 4. The normalized spacial score (nSPS) is 13.1. The first kappa shape index (κ1) is 19.9. The molecule has 0 heterocycles. The molecule has 0 spiro atoms. The molecular weight excluding hydrogens is 333 g/mol. The highest BCUT2D eigenvalue weighted by Gasteiger charge is 2.36. The van der Waals surface area contributed by atoms with Gasteiger partial charge in [-0.15, -0.1) is 0 Å². The van der Waals surface area contributed by atoms with Crippen molar-refractivity contribution in [2.75, 3.05) is 13.2 Å². The van der Waals surface area contributed by atoms with Gasteiger partial charge < -0.3 is 9.05 Å². The van der Waals surface area contributed by atoms with E-state index in [2.05, 4.69) is 29.6 Å². The van der Waals surface area contributed by atoms with E-state index in [-0.39, 0.29) is 11.8 Å². The number of benzene rings is 2. The third-order valence-corrected chi connectivity index (χ3v) is 6.53. The monoisotopic (exact) mass is 361 g/mol. The number of nitrogens with one attached hydrogen (secondary N) is 1. The summed E-state index contributed by atoms with van der Waals surface area (Å²) in [5, 5.41) is 3.53. The molecule has 5 heteroatoms. The van der Waals surface area contributed by atoms with Gasteiger partial charge in [0.05, 0.1) is 19.3 Å². The second-order valence-corrected chi connectivity index (χ2v) is 7.94. The molecule has 0 radical (unpaired) electrons. The summed E-state index contributed by atoms with van der Waals surface area (Å²) in [4.78, 5) is 0. The topological polar surface area (TPSA) is 47.6 Å². The van der Waals surface area contributed by atoms with Gasteiger partial charge in [0.15, 0.2) is 0 Å². The third kappa shape index (κ3) is 5.26. The first-order chi connectivity index (χ1) is 12.1. The van der Waals surface area contributed by atoms with E-state index in [1.165, 1.54) is 0 Å². The van der Waals surface area contributed by atoms with Gasteiger partial charge in [0.25, 0.3) is 0 Å². The van der Waals surface area contributed by atoms with Crippen LogP contribution in [0.15, 0.2) is 60.7 Å². The van der Waals surface area contributed by atoms with Crippen LogP contribution in [0.1, 0.15) is 44.4 Å². The molecule has 0 amide bonds. The second-order valence-electron chi connectivity index (χ2n) is 5.72. The standard InChI is InChI=1S/C20H28NO3P/c1-4-19(25(22,23-5-2)24-6-3)21-20(17-13-9-7-10-14-17)18-15-11-8-12-16-18/h7-16,19-21H,4-6H2,1-3H3. The lowest BCUT2D eigenvalue weighted by Crippen LogP contribution is -2.34. The first-order valence-corrected chi connectivity index (χ1v) is 10.5. The van der Waals surface area contributed by atoms with Crippen LogP contribution in [0.2, 0.25) is 0 Å². The molecular formula is C20H28NO3P. The van der Waals surface area contributed by atoms with Crippen LogP contribution < -0.4 is 5.32 Å². The zero-order valence-corrected chi connectivity index (χ0v) is 16.1. The molecule has 0 saturated heterocycles. The molecule has 0 aromatic heterocycles. The molecule has 1 N–H and O–H groups in total. The summed E-state index contributed by atoms with van der Waals surface area (Å²) in [5.41, 5.74) is 2.23. The van der Waals surface area contributed by atoms with E-state index in [9.17, 15) is 4.57 Å². The molecule has 2 aromatic carbocycles. The van der Waals surface area contributed by atoms with Crippen molar-refractivity contribution in [3.8, 4) is 0 Å². The summed E-state index contributed by atoms with van der Waals surface area (Å²) in [6.07, 6.45) is 0.646. The lowest BCUT2D eigenvalue weighted by atomic mass is 9.99. The van der Waals surface area contributed by atoms with Crippen LogP contribution in [0.3, 0.4) is 0 Å². The minimum atomic E-state index is -3.24. The van der Waals surface area contributed by atoms with Crippen molar-refractivity contribution in [2.24, 2.45) is 0 Å². The Morgan fingerprint density at radius 1 is 0.840 bits per heavy atom. The Morgan fingerprint density at radius 2 is 1.28 bits per heavy atom. The van der Waals surface area contributed by atoms with Crippen LogP contribution >= 0.6 is 7.60 Å². The molecule has 136 valence electrons. The molecule has 2 aromatic rings. The molecule has 2 rings (SSSR count). The van der Waals surface area contributed by atoms with Crippen molar-refractivity contribution in [1.82, 2.24) is 5.32 Å². The molecule has 0 aliphatic rings. The lowest BCUT2D eigenvalue weighted by molar-refractivity contribution is 0.205. The zero-order chi connectivity index (χ0) is 18.1. The minimum Gasteiger partial charge on any atom is -0.308 e. The molecule has 0 bridgehead atoms. The van der Waals surface area contributed by atoms with Crippen molar-refractivity contribution < 1.29 is 13.6 Å². The fourth-order valence-electron chi connectivity index (χ4n) is 2.88. The summed E-state index contributed by atoms with van der Waals surface area (Å²) >= 11 is 0. The Labute approximate surface area is 151 Å². The van der Waals surface area contributed by atoms with Crippen molar-refractivity contribution in [2.45, 2.75) is 39.0 Å². The maximum atomic E-state index is 13.2. The largest absolute Gasteiger partial charge is 0.347 e. The average molecular weight is 361 g/mol. The van der Waals surface area contributed by atoms with Crippen molar-refractivity contribution in [1.29, 1.82) is 0 Å². The number of hydrogen-bond donors (Lipinski definition) is 1. The Bertz CT molecular complexity index is 614. The summed E-state index contributed by atoms with van der Waals surface area (Å²) in [6.45, 7) is 6.39. The van der Waals surface area contributed by atoms with E-state index in [0.29, 0.717) is 19.6 Å². The van der Waals surface area contributed by atoms with Gasteiger partial charge in [-0.25, -0.2) is 0 Å². The molecule has 1 unspecified atom stereocenters. The molecule has 0 fully saturated rings. The summed E-state index contributed by atoms with van der Waals surface area (Å²) in [6, 6.07) is 20.2. The quantitative estimate of drug-likeness (QED) is 0.578. The molecule has 25 heavy (non-hydrogen) atoms. The predicted octanol–water partition coefficient (Wildman–Crippen LogP) is 5.37. The molecule has 4 nitrogen and oxygen atoms in total. The molecule has 0 aliphatic heterocycles. The minimum absolute atomic E-state index is 0.0819. The number of rotatable bonds is 10. The second kappa shape index (κ2) is 9.88. The lowest BCUT2D eigenvalue weighted by Gasteiger charge is -2.30. The summed E-state index contributed by atoms with van der Waals surface area (Å²) in [7, 11) is -3.24. The summed E-state index contributed by atoms with van der Waals surface area (Å²) in [5.74, 6) is -0.377. The predicted molar refractivity (Wildman–Crippen MR) is 103 cm³/mol. The highest BCUT2D eigenvalue weighted by molar-refractivity contribution is 7.54. The van der Waals surface area contributed by atoms with Gasteiger partial charge >= 0.3 is 7.60 Å². The van der Waals surface area contributed by atoms with Gasteiger partial charge in [0, 0.05) is 0 Å². The maximum Gasteiger partial charge on any atom is 0.347 e. The molecule has 0 saturated carbocycles. The van der Waals surface area contributed by atoms with Crippen LogP contribution in [-0.4, -0.2) is 19.0 Å². The fraction of sp³-hybridized carbons (Fsp3) is 0.400. The van der Waals surface area contributed by atoms with Crippen molar-refractivity contribution in [3.63, 3.8) is 0 Å². The summed E-state index contributed by atoms with van der Waals surface area (Å²) < 4.78 is 24.4. The van der Waals surface area contributed by atoms with E-state index in [4.69, 9.17) is 9.05 Å². The van der Waals surface area contributed by atoms with Crippen LogP contribution in [0, 0.1) is 0 Å². The molecule has 0 aliphatic carbocycles. The van der Waals surface area contributed by atoms with E-state index in [1.807, 2.05) is 57.2 Å². The smallest absolute Gasteiger partial charge is 0.308 e. The van der Waals surface area contributed by atoms with Gasteiger partial charge in [0.2, 0.25) is 0 Å². The van der Waals surface area contributed by atoms with E-state index in [0.717, 1.165) is 11.1 Å². The van der Waals surface area contributed by atoms with Gasteiger partial charge in [-0.3, -0.25) is 9.88 Å². The van der Waals surface area contributed by atoms with E-state index >= 15 is 0 Å². The third-order valence-electron chi connectivity index (χ3n) is 4.01. The Balaban J connectivity index is 2.36. The Morgan fingerprint density at radius 3 is 1.64 bits per heavy atom. The highest BCUT2D eigenvalue weighted by Crippen LogP contribution is 2.53. The van der Waals surface area contributed by atoms with Crippen LogP contribution in [0.4, 0.5) is 0 Å². The highest BCUT2D eigenvalue weighted by atomic mass is 31.2. The van der Waals surface area contributed by atoms with Crippen molar-refractivity contribution >= 4 is 7.60 Å². The van der Waals surface area contributed by atoms with Crippen LogP contribution in [-0.2, 0) is 13.6 Å². The maximum absolute atomic E-state index is 13.2. The van der Waals surface area contributed by atoms with E-state index < -0.39 is 7.60 Å². The van der Waals surface area contributed by atoms with Gasteiger partial charge in [-0.05, 0) is 31.4 Å². The molecule has 1 atom stereocenters. The van der Waals surface area contributed by atoms with E-state index in [1.54, 1.807) is 0 Å². The van der Waals surface area contributed by atoms with Gasteiger partial charge in [-0.1, -0.05) is 67.6 Å². The zero-order valence-electron chi connectivity index (χ0n) is 15.2. The Kier molecular flexibility index (Phi) is 7.86. The fourth-order valence-corrected chi connectivity index (χ4v) is 4.81. The van der Waals surface area contributed by atoms with Gasteiger partial charge in [-0.2, -0.15) is 0 Å². The van der Waals surface area contributed by atoms with Gasteiger partial charge in [0.1, 0.15) is 5.78 Å². The Hall–Kier alpha value is -1.45. The average Bonchev–Trinajstić information content (AvgIpc) is 2.64.